The maximum Gasteiger partial charge on any atom is 0.308 e. The van der Waals surface area contributed by atoms with Crippen LogP contribution in [0.3, 0.4) is 0 Å². The molecule has 1 heterocycles. The molecule has 0 spiro atoms. The average Bonchev–Trinajstić information content (AvgIpc) is 2.64. The third-order valence-electron chi connectivity index (χ3n) is 2.85. The number of carbonyl (C=O) groups is 1. The molecule has 1 fully saturated rings. The van der Waals surface area contributed by atoms with Crippen molar-refractivity contribution in [3.8, 4) is 0 Å². The number of hydrogen-bond donors (Lipinski definition) is 1. The minimum absolute atomic E-state index is 0.00935. The monoisotopic (exact) mass is 211 g/mol. The van der Waals surface area contributed by atoms with Crippen molar-refractivity contribution in [3.05, 3.63) is 22.4 Å². The highest BCUT2D eigenvalue weighted by Crippen LogP contribution is 2.44. The Balaban J connectivity index is 2.02. The van der Waals surface area contributed by atoms with Crippen LogP contribution in [0.4, 0.5) is 0 Å². The van der Waals surface area contributed by atoms with Crippen molar-refractivity contribution in [2.24, 2.45) is 11.7 Å². The normalized spacial score (nSPS) is 30.9. The highest BCUT2D eigenvalue weighted by Gasteiger charge is 2.46. The summed E-state index contributed by atoms with van der Waals surface area (Å²) in [5, 5.41) is 4.06. The van der Waals surface area contributed by atoms with Gasteiger partial charge in [-0.1, -0.05) is 0 Å². The van der Waals surface area contributed by atoms with Gasteiger partial charge in [-0.05, 0) is 35.2 Å². The summed E-state index contributed by atoms with van der Waals surface area (Å²) in [6.07, 6.45) is 1.41. The van der Waals surface area contributed by atoms with Crippen LogP contribution >= 0.6 is 11.3 Å². The first-order chi connectivity index (χ1) is 6.65. The molecular formula is C10H13NO2S. The Morgan fingerprint density at radius 2 is 2.43 bits per heavy atom. The number of esters is 1. The molecule has 1 aromatic heterocycles. The van der Waals surface area contributed by atoms with E-state index in [0.29, 0.717) is 12.8 Å². The van der Waals surface area contributed by atoms with Crippen molar-refractivity contribution in [1.29, 1.82) is 0 Å². The zero-order valence-corrected chi connectivity index (χ0v) is 8.84. The van der Waals surface area contributed by atoms with Crippen LogP contribution in [0.5, 0.6) is 0 Å². The summed E-state index contributed by atoms with van der Waals surface area (Å²) in [6, 6.07) is 2.03. The molecule has 0 atom stereocenters. The molecule has 3 nitrogen and oxygen atoms in total. The molecule has 0 amide bonds. The Morgan fingerprint density at radius 3 is 2.93 bits per heavy atom. The maximum atomic E-state index is 11.2. The number of hydrogen-bond acceptors (Lipinski definition) is 4. The molecule has 0 aromatic carbocycles. The van der Waals surface area contributed by atoms with Crippen molar-refractivity contribution in [3.63, 3.8) is 0 Å². The largest absolute Gasteiger partial charge is 0.469 e. The molecule has 1 aromatic rings. The van der Waals surface area contributed by atoms with Crippen molar-refractivity contribution < 1.29 is 9.53 Å². The standard InChI is InChI=1S/C10H13NO2S/c1-13-9(12)7-4-10(11,5-7)8-2-3-14-6-8/h2-3,6-7H,4-5,11H2,1H3. The number of carbonyl (C=O) groups excluding carboxylic acids is 1. The van der Waals surface area contributed by atoms with E-state index in [0.717, 1.165) is 5.56 Å². The fraction of sp³-hybridized carbons (Fsp3) is 0.500. The summed E-state index contributed by atoms with van der Waals surface area (Å²) in [4.78, 5) is 11.2. The smallest absolute Gasteiger partial charge is 0.308 e. The molecule has 2 N–H and O–H groups in total. The molecule has 4 heteroatoms. The highest BCUT2D eigenvalue weighted by atomic mass is 32.1. The van der Waals surface area contributed by atoms with Gasteiger partial charge in [-0.2, -0.15) is 11.3 Å². The lowest BCUT2D eigenvalue weighted by Gasteiger charge is -2.43. The predicted molar refractivity (Wildman–Crippen MR) is 54.9 cm³/mol. The Morgan fingerprint density at radius 1 is 1.71 bits per heavy atom. The summed E-state index contributed by atoms with van der Waals surface area (Å²) < 4.78 is 4.67. The van der Waals surface area contributed by atoms with Crippen LogP contribution in [-0.2, 0) is 15.1 Å². The Kier molecular flexibility index (Phi) is 2.33. The van der Waals surface area contributed by atoms with E-state index in [-0.39, 0.29) is 17.4 Å². The number of methoxy groups -OCH3 is 1. The maximum absolute atomic E-state index is 11.2. The summed E-state index contributed by atoms with van der Waals surface area (Å²) in [5.41, 5.74) is 7.00. The first kappa shape index (κ1) is 9.68. The second-order valence-electron chi connectivity index (χ2n) is 3.80. The van der Waals surface area contributed by atoms with Gasteiger partial charge in [0.15, 0.2) is 0 Å². The van der Waals surface area contributed by atoms with E-state index in [4.69, 9.17) is 5.73 Å². The first-order valence-corrected chi connectivity index (χ1v) is 5.49. The summed E-state index contributed by atoms with van der Waals surface area (Å²) in [7, 11) is 1.42. The van der Waals surface area contributed by atoms with Crippen LogP contribution in [0.2, 0.25) is 0 Å². The second kappa shape index (κ2) is 3.37. The third kappa shape index (κ3) is 1.44. The van der Waals surface area contributed by atoms with Gasteiger partial charge < -0.3 is 10.5 Å². The molecule has 1 saturated carbocycles. The second-order valence-corrected chi connectivity index (χ2v) is 4.58. The first-order valence-electron chi connectivity index (χ1n) is 4.55. The van der Waals surface area contributed by atoms with Gasteiger partial charge in [-0.25, -0.2) is 0 Å². The molecule has 14 heavy (non-hydrogen) atoms. The van der Waals surface area contributed by atoms with Gasteiger partial charge in [-0.15, -0.1) is 0 Å². The third-order valence-corrected chi connectivity index (χ3v) is 3.54. The van der Waals surface area contributed by atoms with Crippen LogP contribution in [0, 0.1) is 5.92 Å². The Labute approximate surface area is 86.9 Å². The zero-order chi connectivity index (χ0) is 10.2. The Hall–Kier alpha value is -0.870. The van der Waals surface area contributed by atoms with E-state index < -0.39 is 0 Å². The van der Waals surface area contributed by atoms with E-state index >= 15 is 0 Å². The highest BCUT2D eigenvalue weighted by molar-refractivity contribution is 7.08. The molecule has 1 aliphatic rings. The minimum Gasteiger partial charge on any atom is -0.469 e. The lowest BCUT2D eigenvalue weighted by molar-refractivity contribution is -0.151. The van der Waals surface area contributed by atoms with Crippen molar-refractivity contribution in [1.82, 2.24) is 0 Å². The number of nitrogens with two attached hydrogens (primary N) is 1. The average molecular weight is 211 g/mol. The molecular weight excluding hydrogens is 198 g/mol. The molecule has 0 aliphatic heterocycles. The van der Waals surface area contributed by atoms with E-state index in [9.17, 15) is 4.79 Å². The fourth-order valence-corrected chi connectivity index (χ4v) is 2.70. The van der Waals surface area contributed by atoms with Crippen molar-refractivity contribution >= 4 is 17.3 Å². The number of ether oxygens (including phenoxy) is 1. The van der Waals surface area contributed by atoms with Crippen LogP contribution < -0.4 is 5.73 Å². The van der Waals surface area contributed by atoms with E-state index in [2.05, 4.69) is 4.74 Å². The van der Waals surface area contributed by atoms with Crippen molar-refractivity contribution in [2.45, 2.75) is 18.4 Å². The van der Waals surface area contributed by atoms with Gasteiger partial charge in [0.25, 0.3) is 0 Å². The van der Waals surface area contributed by atoms with Crippen LogP contribution in [0.15, 0.2) is 16.8 Å². The van der Waals surface area contributed by atoms with Crippen LogP contribution in [-0.4, -0.2) is 13.1 Å². The summed E-state index contributed by atoms with van der Waals surface area (Å²) in [6.45, 7) is 0. The van der Waals surface area contributed by atoms with Gasteiger partial charge in [0, 0.05) is 5.54 Å². The Bertz CT molecular complexity index is 328. The number of rotatable bonds is 2. The minimum atomic E-state index is -0.293. The molecule has 1 aliphatic carbocycles. The van der Waals surface area contributed by atoms with Crippen LogP contribution in [0.25, 0.3) is 0 Å². The van der Waals surface area contributed by atoms with Crippen molar-refractivity contribution in [2.75, 3.05) is 7.11 Å². The molecule has 0 bridgehead atoms. The van der Waals surface area contributed by atoms with Gasteiger partial charge in [0.05, 0.1) is 13.0 Å². The lowest BCUT2D eigenvalue weighted by Crippen LogP contribution is -2.51. The number of thiophene rings is 1. The van der Waals surface area contributed by atoms with E-state index in [1.54, 1.807) is 11.3 Å². The van der Waals surface area contributed by atoms with E-state index in [1.165, 1.54) is 7.11 Å². The zero-order valence-electron chi connectivity index (χ0n) is 8.03. The van der Waals surface area contributed by atoms with Gasteiger partial charge in [-0.3, -0.25) is 4.79 Å². The topological polar surface area (TPSA) is 52.3 Å². The molecule has 0 unspecified atom stereocenters. The van der Waals surface area contributed by atoms with E-state index in [1.807, 2.05) is 16.8 Å². The summed E-state index contributed by atoms with van der Waals surface area (Å²) in [5.74, 6) is -0.147. The fourth-order valence-electron chi connectivity index (χ4n) is 1.94. The molecule has 2 rings (SSSR count). The lowest BCUT2D eigenvalue weighted by atomic mass is 9.66. The molecule has 0 saturated heterocycles. The van der Waals surface area contributed by atoms with Gasteiger partial charge in [0.1, 0.15) is 0 Å². The quantitative estimate of drug-likeness (QED) is 0.754. The van der Waals surface area contributed by atoms with Crippen LogP contribution in [0.1, 0.15) is 18.4 Å². The molecule has 0 radical (unpaired) electrons. The summed E-state index contributed by atoms with van der Waals surface area (Å²) >= 11 is 1.63. The predicted octanol–water partition coefficient (Wildman–Crippen LogP) is 1.49. The van der Waals surface area contributed by atoms with Gasteiger partial charge >= 0.3 is 5.97 Å². The van der Waals surface area contributed by atoms with Gasteiger partial charge in [0.2, 0.25) is 0 Å². The SMILES string of the molecule is COC(=O)C1CC(N)(c2ccsc2)C1. The molecule has 76 valence electrons.